The highest BCUT2D eigenvalue weighted by molar-refractivity contribution is 6.03. The number of amides is 1. The molecule has 19 heavy (non-hydrogen) atoms. The van der Waals surface area contributed by atoms with Crippen molar-refractivity contribution in [1.29, 1.82) is 0 Å². The van der Waals surface area contributed by atoms with Crippen LogP contribution < -0.4 is 0 Å². The van der Waals surface area contributed by atoms with Crippen LogP contribution in [0, 0.1) is 0 Å². The molecule has 2 rings (SSSR count). The van der Waals surface area contributed by atoms with E-state index in [1.54, 1.807) is 32.2 Å². The molecule has 1 atom stereocenters. The Morgan fingerprint density at radius 3 is 2.63 bits per heavy atom. The van der Waals surface area contributed by atoms with Crippen molar-refractivity contribution in [1.82, 2.24) is 4.90 Å². The summed E-state index contributed by atoms with van der Waals surface area (Å²) in [6.45, 7) is 1.84. The van der Waals surface area contributed by atoms with E-state index >= 15 is 0 Å². The minimum absolute atomic E-state index is 0.0134. The molecule has 0 fully saturated rings. The van der Waals surface area contributed by atoms with E-state index < -0.39 is 6.10 Å². The Morgan fingerprint density at radius 1 is 1.26 bits per heavy atom. The number of aromatic hydroxyl groups is 1. The van der Waals surface area contributed by atoms with Gasteiger partial charge in [-0.3, -0.25) is 4.79 Å². The van der Waals surface area contributed by atoms with Gasteiger partial charge in [-0.2, -0.15) is 0 Å². The Hall–Kier alpha value is -2.07. The van der Waals surface area contributed by atoms with Gasteiger partial charge in [0.15, 0.2) is 0 Å². The average Bonchev–Trinajstić information content (AvgIpc) is 2.38. The molecule has 0 aliphatic rings. The Bertz CT molecular complexity index is 607. The van der Waals surface area contributed by atoms with Crippen molar-refractivity contribution in [3.63, 3.8) is 0 Å². The molecule has 0 saturated carbocycles. The molecule has 2 aromatic carbocycles. The quantitative estimate of drug-likeness (QED) is 0.886. The Kier molecular flexibility index (Phi) is 3.71. The van der Waals surface area contributed by atoms with Gasteiger partial charge in [-0.05, 0) is 18.4 Å². The molecule has 1 unspecified atom stereocenters. The number of aliphatic hydroxyl groups is 1. The summed E-state index contributed by atoms with van der Waals surface area (Å²) in [7, 11) is 1.60. The van der Waals surface area contributed by atoms with Gasteiger partial charge in [-0.15, -0.1) is 0 Å². The predicted molar refractivity (Wildman–Crippen MR) is 74.3 cm³/mol. The molecule has 2 aromatic rings. The number of carbonyl (C=O) groups excluding carboxylic acids is 1. The largest absolute Gasteiger partial charge is 0.506 e. The van der Waals surface area contributed by atoms with Crippen LogP contribution in [0.25, 0.3) is 10.8 Å². The highest BCUT2D eigenvalue weighted by Crippen LogP contribution is 2.29. The lowest BCUT2D eigenvalue weighted by Crippen LogP contribution is -2.33. The van der Waals surface area contributed by atoms with Gasteiger partial charge in [0, 0.05) is 19.0 Å². The van der Waals surface area contributed by atoms with Gasteiger partial charge in [0.2, 0.25) is 0 Å². The summed E-state index contributed by atoms with van der Waals surface area (Å²) in [4.78, 5) is 13.6. The topological polar surface area (TPSA) is 60.8 Å². The molecule has 2 N–H and O–H groups in total. The molecule has 0 radical (unpaired) electrons. The number of carbonyl (C=O) groups is 1. The number of benzene rings is 2. The summed E-state index contributed by atoms with van der Waals surface area (Å²) in [5.41, 5.74) is 0.252. The summed E-state index contributed by atoms with van der Waals surface area (Å²) in [5, 5.41) is 21.0. The fourth-order valence-electron chi connectivity index (χ4n) is 2.11. The maximum atomic E-state index is 12.2. The molecular formula is C15H17NO3. The van der Waals surface area contributed by atoms with Gasteiger partial charge in [-0.1, -0.05) is 30.3 Å². The third-order valence-electron chi connectivity index (χ3n) is 3.02. The number of fused-ring (bicyclic) bond motifs is 1. The number of likely N-dealkylation sites (N-methyl/N-ethyl adjacent to an activating group) is 1. The molecule has 0 heterocycles. The molecule has 0 aliphatic heterocycles. The predicted octanol–water partition coefficient (Wildman–Crippen LogP) is 2.00. The van der Waals surface area contributed by atoms with E-state index in [0.717, 1.165) is 5.39 Å². The smallest absolute Gasteiger partial charge is 0.257 e. The molecule has 4 nitrogen and oxygen atoms in total. The van der Waals surface area contributed by atoms with Crippen molar-refractivity contribution in [2.45, 2.75) is 13.0 Å². The standard InChI is InChI=1S/C15H17NO3/c1-10(17)9-16(2)15(19)13-8-7-11-5-3-4-6-12(11)14(13)18/h3-8,10,17-18H,9H2,1-2H3. The third kappa shape index (κ3) is 2.69. The van der Waals surface area contributed by atoms with Gasteiger partial charge < -0.3 is 15.1 Å². The summed E-state index contributed by atoms with van der Waals surface area (Å²) in [6.07, 6.45) is -0.600. The van der Waals surface area contributed by atoms with Crippen LogP contribution in [0.5, 0.6) is 5.75 Å². The van der Waals surface area contributed by atoms with Gasteiger partial charge >= 0.3 is 0 Å². The van der Waals surface area contributed by atoms with Gasteiger partial charge in [0.25, 0.3) is 5.91 Å². The lowest BCUT2D eigenvalue weighted by Gasteiger charge is -2.19. The van der Waals surface area contributed by atoms with E-state index in [1.165, 1.54) is 4.90 Å². The minimum Gasteiger partial charge on any atom is -0.506 e. The van der Waals surface area contributed by atoms with Crippen LogP contribution in [0.15, 0.2) is 36.4 Å². The highest BCUT2D eigenvalue weighted by atomic mass is 16.3. The van der Waals surface area contributed by atoms with Crippen LogP contribution in [0.3, 0.4) is 0 Å². The Morgan fingerprint density at radius 2 is 1.95 bits per heavy atom. The first-order valence-corrected chi connectivity index (χ1v) is 6.15. The van der Waals surface area contributed by atoms with E-state index in [9.17, 15) is 15.0 Å². The molecule has 4 heteroatoms. The molecular weight excluding hydrogens is 242 g/mol. The van der Waals surface area contributed by atoms with Crippen molar-refractivity contribution in [3.8, 4) is 5.75 Å². The third-order valence-corrected chi connectivity index (χ3v) is 3.02. The van der Waals surface area contributed by atoms with Gasteiger partial charge in [0.1, 0.15) is 5.75 Å². The lowest BCUT2D eigenvalue weighted by atomic mass is 10.0. The van der Waals surface area contributed by atoms with Crippen LogP contribution in [-0.2, 0) is 0 Å². The first-order chi connectivity index (χ1) is 9.00. The molecule has 0 aliphatic carbocycles. The normalized spacial score (nSPS) is 12.4. The maximum absolute atomic E-state index is 12.2. The van der Waals surface area contributed by atoms with Crippen LogP contribution in [0.4, 0.5) is 0 Å². The van der Waals surface area contributed by atoms with Crippen LogP contribution >= 0.6 is 0 Å². The van der Waals surface area contributed by atoms with E-state index in [1.807, 2.05) is 18.2 Å². The highest BCUT2D eigenvalue weighted by Gasteiger charge is 2.18. The van der Waals surface area contributed by atoms with Gasteiger partial charge in [-0.25, -0.2) is 0 Å². The van der Waals surface area contributed by atoms with Crippen molar-refractivity contribution in [3.05, 3.63) is 42.0 Å². The maximum Gasteiger partial charge on any atom is 0.257 e. The first kappa shape index (κ1) is 13.4. The minimum atomic E-state index is -0.600. The second kappa shape index (κ2) is 5.28. The zero-order chi connectivity index (χ0) is 14.0. The number of rotatable bonds is 3. The second-order valence-corrected chi connectivity index (χ2v) is 4.72. The fourth-order valence-corrected chi connectivity index (χ4v) is 2.11. The van der Waals surface area contributed by atoms with Crippen molar-refractivity contribution >= 4 is 16.7 Å². The molecule has 1 amide bonds. The summed E-state index contributed by atoms with van der Waals surface area (Å²) >= 11 is 0. The van der Waals surface area contributed by atoms with E-state index in [2.05, 4.69) is 0 Å². The number of phenols is 1. The summed E-state index contributed by atoms with van der Waals surface area (Å²) in [6, 6.07) is 10.8. The number of hydrogen-bond acceptors (Lipinski definition) is 3. The number of hydrogen-bond donors (Lipinski definition) is 2. The average molecular weight is 259 g/mol. The zero-order valence-corrected chi connectivity index (χ0v) is 11.0. The molecule has 0 spiro atoms. The summed E-state index contributed by atoms with van der Waals surface area (Å²) in [5.74, 6) is -0.315. The first-order valence-electron chi connectivity index (χ1n) is 6.15. The van der Waals surface area contributed by atoms with Crippen LogP contribution in [-0.4, -0.2) is 40.7 Å². The van der Waals surface area contributed by atoms with Crippen LogP contribution in [0.2, 0.25) is 0 Å². The van der Waals surface area contributed by atoms with Crippen molar-refractivity contribution in [2.75, 3.05) is 13.6 Å². The van der Waals surface area contributed by atoms with Crippen molar-refractivity contribution in [2.24, 2.45) is 0 Å². The summed E-state index contributed by atoms with van der Waals surface area (Å²) < 4.78 is 0. The molecule has 0 bridgehead atoms. The number of aliphatic hydroxyl groups excluding tert-OH is 1. The van der Waals surface area contributed by atoms with Crippen LogP contribution in [0.1, 0.15) is 17.3 Å². The SMILES string of the molecule is CC(O)CN(C)C(=O)c1ccc2ccccc2c1O. The number of phenolic OH excluding ortho intramolecular Hbond substituents is 1. The van der Waals surface area contributed by atoms with Crippen molar-refractivity contribution < 1.29 is 15.0 Å². The molecule has 0 aromatic heterocycles. The zero-order valence-electron chi connectivity index (χ0n) is 11.0. The second-order valence-electron chi connectivity index (χ2n) is 4.72. The Balaban J connectivity index is 2.40. The van der Waals surface area contributed by atoms with E-state index in [4.69, 9.17) is 0 Å². The fraction of sp³-hybridized carbons (Fsp3) is 0.267. The number of nitrogens with zero attached hydrogens (tertiary/aromatic N) is 1. The molecule has 100 valence electrons. The Labute approximate surface area is 111 Å². The molecule has 0 saturated heterocycles. The van der Waals surface area contributed by atoms with E-state index in [-0.39, 0.29) is 23.8 Å². The van der Waals surface area contributed by atoms with Gasteiger partial charge in [0.05, 0.1) is 11.7 Å². The van der Waals surface area contributed by atoms with E-state index in [0.29, 0.717) is 5.39 Å². The lowest BCUT2D eigenvalue weighted by molar-refractivity contribution is 0.0701. The monoisotopic (exact) mass is 259 g/mol.